The van der Waals surface area contributed by atoms with Crippen LogP contribution >= 0.6 is 12.2 Å². The lowest BCUT2D eigenvalue weighted by atomic mass is 10.1. The first-order chi connectivity index (χ1) is 9.04. The van der Waals surface area contributed by atoms with Crippen LogP contribution in [0.15, 0.2) is 24.5 Å². The zero-order valence-electron chi connectivity index (χ0n) is 11.5. The van der Waals surface area contributed by atoms with Crippen molar-refractivity contribution in [1.29, 1.82) is 0 Å². The third-order valence-corrected chi connectivity index (χ3v) is 3.27. The second-order valence-electron chi connectivity index (χ2n) is 4.65. The van der Waals surface area contributed by atoms with E-state index in [1.165, 1.54) is 0 Å². The highest BCUT2D eigenvalue weighted by Gasteiger charge is 2.19. The number of carbonyl (C=O) groups is 1. The summed E-state index contributed by atoms with van der Waals surface area (Å²) in [7, 11) is 0. The van der Waals surface area contributed by atoms with Crippen LogP contribution in [-0.2, 0) is 11.3 Å². The van der Waals surface area contributed by atoms with Crippen molar-refractivity contribution in [3.8, 4) is 0 Å². The Balaban J connectivity index is 2.74. The Labute approximate surface area is 120 Å². The highest BCUT2D eigenvalue weighted by atomic mass is 32.1. The van der Waals surface area contributed by atoms with Gasteiger partial charge in [-0.05, 0) is 18.1 Å². The summed E-state index contributed by atoms with van der Waals surface area (Å²) in [5.74, 6) is 0.158. The Morgan fingerprint density at radius 3 is 2.84 bits per heavy atom. The van der Waals surface area contributed by atoms with Crippen molar-refractivity contribution in [3.63, 3.8) is 0 Å². The number of hydrogen-bond donors (Lipinski definition) is 1. The van der Waals surface area contributed by atoms with Gasteiger partial charge in [-0.1, -0.05) is 32.1 Å². The molecule has 1 unspecified atom stereocenters. The quantitative estimate of drug-likeness (QED) is 0.777. The van der Waals surface area contributed by atoms with E-state index in [4.69, 9.17) is 18.0 Å². The molecule has 1 rings (SSSR count). The fourth-order valence-electron chi connectivity index (χ4n) is 1.71. The minimum absolute atomic E-state index is 0.0167. The summed E-state index contributed by atoms with van der Waals surface area (Å²) in [4.78, 5) is 18.6. The third-order valence-electron chi connectivity index (χ3n) is 3.07. The Morgan fingerprint density at radius 1 is 1.58 bits per heavy atom. The zero-order valence-corrected chi connectivity index (χ0v) is 12.3. The number of hydrogen-bond acceptors (Lipinski definition) is 3. The number of thiocarbonyl (C=S) groups is 1. The first-order valence-electron chi connectivity index (χ1n) is 6.50. The van der Waals surface area contributed by atoms with E-state index in [1.54, 1.807) is 12.4 Å². The van der Waals surface area contributed by atoms with E-state index in [1.807, 2.05) is 30.9 Å². The van der Waals surface area contributed by atoms with Gasteiger partial charge in [0.1, 0.15) is 0 Å². The smallest absolute Gasteiger partial charge is 0.225 e. The molecular formula is C14H21N3OS. The number of carbonyl (C=O) groups excluding carboxylic acids is 1. The minimum Gasteiger partial charge on any atom is -0.393 e. The molecule has 5 heteroatoms. The molecule has 19 heavy (non-hydrogen) atoms. The van der Waals surface area contributed by atoms with E-state index in [0.29, 0.717) is 24.5 Å². The molecule has 0 saturated carbocycles. The summed E-state index contributed by atoms with van der Waals surface area (Å²) in [5, 5.41) is 0. The van der Waals surface area contributed by atoms with Gasteiger partial charge >= 0.3 is 0 Å². The van der Waals surface area contributed by atoms with Crippen LogP contribution in [0.25, 0.3) is 0 Å². The molecule has 0 aliphatic carbocycles. The summed E-state index contributed by atoms with van der Waals surface area (Å²) in [6, 6.07) is 3.83. The lowest BCUT2D eigenvalue weighted by Crippen LogP contribution is -2.36. The molecule has 1 atom stereocenters. The van der Waals surface area contributed by atoms with Gasteiger partial charge in [0.05, 0.1) is 4.99 Å². The Bertz CT molecular complexity index is 422. The van der Waals surface area contributed by atoms with Crippen LogP contribution in [0.5, 0.6) is 0 Å². The summed E-state index contributed by atoms with van der Waals surface area (Å²) >= 11 is 4.89. The first kappa shape index (κ1) is 15.6. The fourth-order valence-corrected chi connectivity index (χ4v) is 1.80. The van der Waals surface area contributed by atoms with E-state index in [9.17, 15) is 4.79 Å². The van der Waals surface area contributed by atoms with E-state index in [-0.39, 0.29) is 11.8 Å². The number of amides is 1. The zero-order chi connectivity index (χ0) is 14.3. The molecule has 0 fully saturated rings. The number of pyridine rings is 1. The van der Waals surface area contributed by atoms with E-state index >= 15 is 0 Å². The van der Waals surface area contributed by atoms with Gasteiger partial charge in [0.2, 0.25) is 5.91 Å². The Hall–Kier alpha value is -1.49. The molecule has 0 radical (unpaired) electrons. The summed E-state index contributed by atoms with van der Waals surface area (Å²) in [6.45, 7) is 5.07. The van der Waals surface area contributed by atoms with Crippen molar-refractivity contribution < 1.29 is 4.79 Å². The molecule has 1 aromatic rings. The predicted molar refractivity (Wildman–Crippen MR) is 80.5 cm³/mol. The molecule has 2 N–H and O–H groups in total. The topological polar surface area (TPSA) is 59.2 Å². The number of nitrogens with zero attached hydrogens (tertiary/aromatic N) is 2. The lowest BCUT2D eigenvalue weighted by Gasteiger charge is -2.25. The van der Waals surface area contributed by atoms with Crippen LogP contribution in [-0.4, -0.2) is 27.3 Å². The third kappa shape index (κ3) is 5.34. The monoisotopic (exact) mass is 279 g/mol. The molecule has 1 aromatic heterocycles. The second kappa shape index (κ2) is 7.84. The number of nitrogens with two attached hydrogens (primary N) is 1. The predicted octanol–water partition coefficient (Wildman–Crippen LogP) is 2.13. The molecular weight excluding hydrogens is 258 g/mol. The second-order valence-corrected chi connectivity index (χ2v) is 5.17. The Kier molecular flexibility index (Phi) is 6.42. The fraction of sp³-hybridized carbons (Fsp3) is 0.500. The normalized spacial score (nSPS) is 11.9. The molecule has 0 saturated heterocycles. The average molecular weight is 279 g/mol. The van der Waals surface area contributed by atoms with Gasteiger partial charge in [-0.3, -0.25) is 9.78 Å². The van der Waals surface area contributed by atoms with E-state index < -0.39 is 0 Å². The lowest BCUT2D eigenvalue weighted by molar-refractivity contribution is -0.135. The SMILES string of the molecule is CCC(C)C(=O)N(CCC(N)=S)Cc1cccnc1. The molecule has 0 aliphatic heterocycles. The van der Waals surface area contributed by atoms with Crippen LogP contribution in [0.2, 0.25) is 0 Å². The van der Waals surface area contributed by atoms with Crippen molar-refractivity contribution >= 4 is 23.1 Å². The Morgan fingerprint density at radius 2 is 2.32 bits per heavy atom. The molecule has 0 aromatic carbocycles. The summed E-state index contributed by atoms with van der Waals surface area (Å²) in [5.41, 5.74) is 6.54. The maximum absolute atomic E-state index is 12.3. The molecule has 1 heterocycles. The first-order valence-corrected chi connectivity index (χ1v) is 6.91. The van der Waals surface area contributed by atoms with Gasteiger partial charge in [0, 0.05) is 37.8 Å². The van der Waals surface area contributed by atoms with Crippen LogP contribution < -0.4 is 5.73 Å². The van der Waals surface area contributed by atoms with Gasteiger partial charge in [-0.15, -0.1) is 0 Å². The molecule has 104 valence electrons. The van der Waals surface area contributed by atoms with Crippen LogP contribution in [0.4, 0.5) is 0 Å². The average Bonchev–Trinajstić information content (AvgIpc) is 2.42. The molecule has 0 aliphatic rings. The van der Waals surface area contributed by atoms with Gasteiger partial charge in [-0.25, -0.2) is 0 Å². The molecule has 4 nitrogen and oxygen atoms in total. The van der Waals surface area contributed by atoms with Gasteiger partial charge in [0.25, 0.3) is 0 Å². The van der Waals surface area contributed by atoms with Crippen molar-refractivity contribution in [2.45, 2.75) is 33.2 Å². The van der Waals surface area contributed by atoms with E-state index in [0.717, 1.165) is 12.0 Å². The number of rotatable bonds is 7. The van der Waals surface area contributed by atoms with Gasteiger partial charge in [0.15, 0.2) is 0 Å². The number of aromatic nitrogens is 1. The molecule has 0 spiro atoms. The van der Waals surface area contributed by atoms with Gasteiger partial charge < -0.3 is 10.6 Å². The molecule has 1 amide bonds. The van der Waals surface area contributed by atoms with Crippen molar-refractivity contribution in [1.82, 2.24) is 9.88 Å². The molecule has 0 bridgehead atoms. The maximum atomic E-state index is 12.3. The van der Waals surface area contributed by atoms with E-state index in [2.05, 4.69) is 4.98 Å². The van der Waals surface area contributed by atoms with Crippen LogP contribution in [0, 0.1) is 5.92 Å². The highest BCUT2D eigenvalue weighted by Crippen LogP contribution is 2.11. The van der Waals surface area contributed by atoms with Crippen molar-refractivity contribution in [3.05, 3.63) is 30.1 Å². The summed E-state index contributed by atoms with van der Waals surface area (Å²) < 4.78 is 0. The van der Waals surface area contributed by atoms with Crippen LogP contribution in [0.3, 0.4) is 0 Å². The largest absolute Gasteiger partial charge is 0.393 e. The van der Waals surface area contributed by atoms with Gasteiger partial charge in [-0.2, -0.15) is 0 Å². The van der Waals surface area contributed by atoms with Crippen molar-refractivity contribution in [2.75, 3.05) is 6.54 Å². The van der Waals surface area contributed by atoms with Crippen LogP contribution in [0.1, 0.15) is 32.3 Å². The summed E-state index contributed by atoms with van der Waals surface area (Å²) in [6.07, 6.45) is 4.88. The standard InChI is InChI=1S/C14H21N3OS/c1-3-11(2)14(18)17(8-6-13(15)19)10-12-5-4-7-16-9-12/h4-5,7,9,11H,3,6,8,10H2,1-2H3,(H2,15,19). The highest BCUT2D eigenvalue weighted by molar-refractivity contribution is 7.80. The maximum Gasteiger partial charge on any atom is 0.225 e. The van der Waals surface area contributed by atoms with Crippen molar-refractivity contribution in [2.24, 2.45) is 11.7 Å². The minimum atomic E-state index is 0.0167.